The number of benzene rings is 3. The van der Waals surface area contributed by atoms with Crippen molar-refractivity contribution in [2.45, 2.75) is 13.3 Å². The first-order valence-electron chi connectivity index (χ1n) is 7.43. The van der Waals surface area contributed by atoms with Crippen molar-refractivity contribution < 1.29 is 17.6 Å². The molecular weight excluding hydrogens is 316 g/mol. The summed E-state index contributed by atoms with van der Waals surface area (Å²) in [6.07, 6.45) is 0.255. The molecule has 0 nitrogen and oxygen atoms in total. The quantitative estimate of drug-likeness (QED) is 0.420. The molecule has 0 spiro atoms. The number of hydrogen-bond donors (Lipinski definition) is 0. The molecule has 24 heavy (non-hydrogen) atoms. The van der Waals surface area contributed by atoms with Gasteiger partial charge in [0, 0.05) is 5.56 Å². The van der Waals surface area contributed by atoms with E-state index in [0.717, 1.165) is 23.3 Å². The van der Waals surface area contributed by atoms with Crippen LogP contribution in [0.4, 0.5) is 17.6 Å². The van der Waals surface area contributed by atoms with Crippen molar-refractivity contribution in [3.8, 4) is 11.1 Å². The fraction of sp³-hybridized carbons (Fsp3) is 0.100. The van der Waals surface area contributed by atoms with E-state index in [1.807, 2.05) is 13.0 Å². The first-order chi connectivity index (χ1) is 11.4. The number of rotatable bonds is 3. The van der Waals surface area contributed by atoms with Gasteiger partial charge in [0.05, 0.1) is 0 Å². The predicted octanol–water partition coefficient (Wildman–Crippen LogP) is 5.81. The Hall–Kier alpha value is -2.62. The third-order valence-corrected chi connectivity index (χ3v) is 3.84. The van der Waals surface area contributed by atoms with Crippen molar-refractivity contribution in [2.24, 2.45) is 0 Å². The van der Waals surface area contributed by atoms with E-state index >= 15 is 0 Å². The lowest BCUT2D eigenvalue weighted by Crippen LogP contribution is -1.96. The zero-order valence-electron chi connectivity index (χ0n) is 12.9. The Kier molecular flexibility index (Phi) is 4.38. The lowest BCUT2D eigenvalue weighted by Gasteiger charge is -2.07. The molecule has 0 aliphatic rings. The summed E-state index contributed by atoms with van der Waals surface area (Å²) in [5, 5.41) is 0. The fourth-order valence-corrected chi connectivity index (χ4v) is 2.60. The molecule has 4 heteroatoms. The molecule has 0 radical (unpaired) electrons. The molecule has 0 fully saturated rings. The minimum atomic E-state index is -1.47. The highest BCUT2D eigenvalue weighted by Crippen LogP contribution is 2.25. The standard InChI is InChI=1S/C20H14F4/c1-12-2-7-16(17(21)8-12)15-5-3-13(4-6-15)9-14-10-18(22)20(24)19(23)11-14/h2-8,10-11H,9H2,1H3. The summed E-state index contributed by atoms with van der Waals surface area (Å²) in [7, 11) is 0. The Morgan fingerprint density at radius 1 is 0.667 bits per heavy atom. The van der Waals surface area contributed by atoms with Gasteiger partial charge in [0.25, 0.3) is 0 Å². The number of hydrogen-bond acceptors (Lipinski definition) is 0. The van der Waals surface area contributed by atoms with Crippen LogP contribution in [0, 0.1) is 30.2 Å². The van der Waals surface area contributed by atoms with E-state index in [0.29, 0.717) is 16.7 Å². The van der Waals surface area contributed by atoms with Gasteiger partial charge in [-0.1, -0.05) is 36.4 Å². The van der Waals surface area contributed by atoms with Crippen molar-refractivity contribution in [1.29, 1.82) is 0 Å². The van der Waals surface area contributed by atoms with E-state index in [-0.39, 0.29) is 12.2 Å². The topological polar surface area (TPSA) is 0 Å². The molecule has 0 bridgehead atoms. The Morgan fingerprint density at radius 3 is 1.88 bits per heavy atom. The van der Waals surface area contributed by atoms with Gasteiger partial charge in [0.2, 0.25) is 0 Å². The van der Waals surface area contributed by atoms with Crippen LogP contribution in [0.5, 0.6) is 0 Å². The normalized spacial score (nSPS) is 10.9. The summed E-state index contributed by atoms with van der Waals surface area (Å²) >= 11 is 0. The van der Waals surface area contributed by atoms with Gasteiger partial charge in [-0.25, -0.2) is 17.6 Å². The molecule has 0 heterocycles. The largest absolute Gasteiger partial charge is 0.206 e. The zero-order chi connectivity index (χ0) is 17.3. The predicted molar refractivity (Wildman–Crippen MR) is 85.7 cm³/mol. The summed E-state index contributed by atoms with van der Waals surface area (Å²) < 4.78 is 53.5. The molecule has 0 atom stereocenters. The SMILES string of the molecule is Cc1ccc(-c2ccc(Cc3cc(F)c(F)c(F)c3)cc2)c(F)c1. The van der Waals surface area contributed by atoms with Crippen molar-refractivity contribution in [3.63, 3.8) is 0 Å². The van der Waals surface area contributed by atoms with Crippen LogP contribution in [0.25, 0.3) is 11.1 Å². The van der Waals surface area contributed by atoms with Gasteiger partial charge < -0.3 is 0 Å². The summed E-state index contributed by atoms with van der Waals surface area (Å²) in [5.41, 5.74) is 3.17. The van der Waals surface area contributed by atoms with E-state index in [9.17, 15) is 17.6 Å². The Labute approximate surface area is 137 Å². The molecule has 0 saturated heterocycles. The van der Waals surface area contributed by atoms with Gasteiger partial charge >= 0.3 is 0 Å². The van der Waals surface area contributed by atoms with Crippen molar-refractivity contribution in [3.05, 3.63) is 94.6 Å². The second-order valence-electron chi connectivity index (χ2n) is 5.73. The molecule has 3 aromatic carbocycles. The summed E-state index contributed by atoms with van der Waals surface area (Å²) in [5.74, 6) is -4.18. The molecule has 0 aliphatic heterocycles. The third kappa shape index (κ3) is 3.32. The maximum absolute atomic E-state index is 14.0. The number of halogens is 4. The maximum atomic E-state index is 14.0. The number of aryl methyl sites for hydroxylation is 1. The highest BCUT2D eigenvalue weighted by Gasteiger charge is 2.11. The monoisotopic (exact) mass is 330 g/mol. The van der Waals surface area contributed by atoms with Gasteiger partial charge in [-0.3, -0.25) is 0 Å². The minimum absolute atomic E-state index is 0.255. The van der Waals surface area contributed by atoms with Crippen LogP contribution in [0.1, 0.15) is 16.7 Å². The van der Waals surface area contributed by atoms with E-state index in [1.54, 1.807) is 30.3 Å². The van der Waals surface area contributed by atoms with Crippen molar-refractivity contribution >= 4 is 0 Å². The summed E-state index contributed by atoms with van der Waals surface area (Å²) in [6.45, 7) is 1.82. The van der Waals surface area contributed by atoms with Crippen LogP contribution in [-0.2, 0) is 6.42 Å². The van der Waals surface area contributed by atoms with E-state index in [4.69, 9.17) is 0 Å². The van der Waals surface area contributed by atoms with Crippen LogP contribution in [0.2, 0.25) is 0 Å². The van der Waals surface area contributed by atoms with Crippen LogP contribution in [0.15, 0.2) is 54.6 Å². The highest BCUT2D eigenvalue weighted by atomic mass is 19.2. The molecule has 122 valence electrons. The lowest BCUT2D eigenvalue weighted by atomic mass is 9.99. The maximum Gasteiger partial charge on any atom is 0.194 e. The molecule has 0 aromatic heterocycles. The molecule has 0 saturated carbocycles. The molecule has 0 amide bonds. The van der Waals surface area contributed by atoms with Crippen LogP contribution in [-0.4, -0.2) is 0 Å². The summed E-state index contributed by atoms with van der Waals surface area (Å²) in [4.78, 5) is 0. The van der Waals surface area contributed by atoms with E-state index in [2.05, 4.69) is 0 Å². The third-order valence-electron chi connectivity index (χ3n) is 3.84. The molecule has 0 N–H and O–H groups in total. The van der Waals surface area contributed by atoms with Crippen LogP contribution >= 0.6 is 0 Å². The van der Waals surface area contributed by atoms with E-state index < -0.39 is 17.5 Å². The smallest absolute Gasteiger partial charge is 0.194 e. The Balaban J connectivity index is 1.85. The van der Waals surface area contributed by atoms with Gasteiger partial charge in [-0.2, -0.15) is 0 Å². The Bertz CT molecular complexity index is 860. The second-order valence-corrected chi connectivity index (χ2v) is 5.73. The van der Waals surface area contributed by atoms with Gasteiger partial charge in [0.1, 0.15) is 5.82 Å². The first kappa shape index (κ1) is 16.2. The summed E-state index contributed by atoms with van der Waals surface area (Å²) in [6, 6.07) is 14.0. The minimum Gasteiger partial charge on any atom is -0.206 e. The first-order valence-corrected chi connectivity index (χ1v) is 7.43. The van der Waals surface area contributed by atoms with Gasteiger partial charge in [0.15, 0.2) is 17.5 Å². The lowest BCUT2D eigenvalue weighted by molar-refractivity contribution is 0.445. The van der Waals surface area contributed by atoms with Gasteiger partial charge in [-0.05, 0) is 53.8 Å². The zero-order valence-corrected chi connectivity index (χ0v) is 12.9. The van der Waals surface area contributed by atoms with Crippen molar-refractivity contribution in [1.82, 2.24) is 0 Å². The van der Waals surface area contributed by atoms with Gasteiger partial charge in [-0.15, -0.1) is 0 Å². The molecule has 0 aliphatic carbocycles. The van der Waals surface area contributed by atoms with E-state index in [1.165, 1.54) is 6.07 Å². The Morgan fingerprint density at radius 2 is 1.29 bits per heavy atom. The van der Waals surface area contributed by atoms with Crippen LogP contribution < -0.4 is 0 Å². The highest BCUT2D eigenvalue weighted by molar-refractivity contribution is 5.64. The molecule has 3 rings (SSSR count). The molecular formula is C20H14F4. The molecule has 3 aromatic rings. The average molecular weight is 330 g/mol. The fourth-order valence-electron chi connectivity index (χ4n) is 2.60. The second kappa shape index (κ2) is 6.48. The van der Waals surface area contributed by atoms with Crippen LogP contribution in [0.3, 0.4) is 0 Å². The molecule has 0 unspecified atom stereocenters. The van der Waals surface area contributed by atoms with Crippen molar-refractivity contribution in [2.75, 3.05) is 0 Å². The average Bonchev–Trinajstić information content (AvgIpc) is 2.54.